The maximum atomic E-state index is 13.4. The number of halogens is 1. The summed E-state index contributed by atoms with van der Waals surface area (Å²) in [6.07, 6.45) is 2.20. The number of carbonyl (C=O) groups excluding carboxylic acids is 1. The number of pyridine rings is 1. The van der Waals surface area contributed by atoms with E-state index in [1.165, 1.54) is 12.1 Å². The molecule has 2 heterocycles. The zero-order chi connectivity index (χ0) is 17.9. The van der Waals surface area contributed by atoms with Gasteiger partial charge in [0.2, 0.25) is 0 Å². The Labute approximate surface area is 151 Å². The summed E-state index contributed by atoms with van der Waals surface area (Å²) in [5, 5.41) is 0.947. The lowest BCUT2D eigenvalue weighted by Crippen LogP contribution is -2.46. The third-order valence-corrected chi connectivity index (χ3v) is 4.63. The first-order chi connectivity index (χ1) is 12.7. The highest BCUT2D eigenvalue weighted by molar-refractivity contribution is 5.98. The predicted octanol–water partition coefficient (Wildman–Crippen LogP) is 3.46. The van der Waals surface area contributed by atoms with Crippen LogP contribution < -0.4 is 0 Å². The Morgan fingerprint density at radius 3 is 3.00 bits per heavy atom. The van der Waals surface area contributed by atoms with Gasteiger partial charge in [-0.15, -0.1) is 0 Å². The van der Waals surface area contributed by atoms with Gasteiger partial charge < -0.3 is 9.64 Å². The first-order valence-electron chi connectivity index (χ1n) is 8.69. The van der Waals surface area contributed by atoms with Crippen molar-refractivity contribution in [3.8, 4) is 0 Å². The van der Waals surface area contributed by atoms with E-state index < -0.39 is 0 Å². The monoisotopic (exact) mass is 350 g/mol. The van der Waals surface area contributed by atoms with Gasteiger partial charge in [-0.3, -0.25) is 9.78 Å². The van der Waals surface area contributed by atoms with Crippen LogP contribution in [0.1, 0.15) is 15.9 Å². The summed E-state index contributed by atoms with van der Waals surface area (Å²) in [6, 6.07) is 15.9. The summed E-state index contributed by atoms with van der Waals surface area (Å²) in [5.74, 6) is -0.265. The van der Waals surface area contributed by atoms with Crippen molar-refractivity contribution in [2.75, 3.05) is 19.7 Å². The summed E-state index contributed by atoms with van der Waals surface area (Å²) < 4.78 is 19.1. The number of morpholine rings is 1. The molecule has 1 amide bonds. The van der Waals surface area contributed by atoms with E-state index in [4.69, 9.17) is 4.74 Å². The molecule has 0 radical (unpaired) electrons. The van der Waals surface area contributed by atoms with Crippen LogP contribution in [0.15, 0.2) is 60.8 Å². The molecule has 1 atom stereocenters. The fourth-order valence-electron chi connectivity index (χ4n) is 3.35. The van der Waals surface area contributed by atoms with E-state index >= 15 is 0 Å². The molecule has 3 aromatic rings. The number of fused-ring (bicyclic) bond motifs is 1. The van der Waals surface area contributed by atoms with E-state index in [2.05, 4.69) is 4.98 Å². The topological polar surface area (TPSA) is 42.4 Å². The Morgan fingerprint density at radius 1 is 1.19 bits per heavy atom. The van der Waals surface area contributed by atoms with Crippen LogP contribution in [-0.2, 0) is 11.2 Å². The van der Waals surface area contributed by atoms with Crippen LogP contribution in [0.3, 0.4) is 0 Å². The maximum Gasteiger partial charge on any atom is 0.254 e. The van der Waals surface area contributed by atoms with E-state index in [1.807, 2.05) is 41.3 Å². The van der Waals surface area contributed by atoms with Gasteiger partial charge >= 0.3 is 0 Å². The van der Waals surface area contributed by atoms with Gasteiger partial charge in [0.05, 0.1) is 18.2 Å². The molecule has 0 spiro atoms. The number of aromatic nitrogens is 1. The molecule has 26 heavy (non-hydrogen) atoms. The summed E-state index contributed by atoms with van der Waals surface area (Å²) >= 11 is 0. The van der Waals surface area contributed by atoms with Gasteiger partial charge in [0.1, 0.15) is 5.82 Å². The minimum Gasteiger partial charge on any atom is -0.374 e. The van der Waals surface area contributed by atoms with E-state index in [-0.39, 0.29) is 17.8 Å². The van der Waals surface area contributed by atoms with Crippen molar-refractivity contribution in [3.05, 3.63) is 77.7 Å². The Balaban J connectivity index is 1.48. The van der Waals surface area contributed by atoms with Gasteiger partial charge in [-0.2, -0.15) is 0 Å². The Bertz CT molecular complexity index is 944. The van der Waals surface area contributed by atoms with Gasteiger partial charge in [0.15, 0.2) is 0 Å². The summed E-state index contributed by atoms with van der Waals surface area (Å²) in [6.45, 7) is 1.55. The third-order valence-electron chi connectivity index (χ3n) is 4.63. The smallest absolute Gasteiger partial charge is 0.254 e. The SMILES string of the molecule is O=C(c1ccc2ncccc2c1)N1CCO[C@@H](Cc2cccc(F)c2)C1. The van der Waals surface area contributed by atoms with Gasteiger partial charge in [0, 0.05) is 36.7 Å². The standard InChI is InChI=1S/C21H19FN2O2/c22-18-5-1-3-15(11-18)12-19-14-24(9-10-26-19)21(25)17-6-7-20-16(13-17)4-2-8-23-20/h1-8,11,13,19H,9-10,12,14H2/t19-/m0/s1. The zero-order valence-corrected chi connectivity index (χ0v) is 14.3. The van der Waals surface area contributed by atoms with Crippen LogP contribution in [0.4, 0.5) is 4.39 Å². The molecule has 4 nitrogen and oxygen atoms in total. The van der Waals surface area contributed by atoms with Crippen molar-refractivity contribution < 1.29 is 13.9 Å². The molecule has 0 bridgehead atoms. The number of rotatable bonds is 3. The van der Waals surface area contributed by atoms with Crippen molar-refractivity contribution in [2.45, 2.75) is 12.5 Å². The molecule has 1 aromatic heterocycles. The lowest BCUT2D eigenvalue weighted by atomic mass is 10.1. The molecule has 0 aliphatic carbocycles. The first kappa shape index (κ1) is 16.7. The fraction of sp³-hybridized carbons (Fsp3) is 0.238. The molecular formula is C21H19FN2O2. The first-order valence-corrected chi connectivity index (χ1v) is 8.69. The predicted molar refractivity (Wildman–Crippen MR) is 97.5 cm³/mol. The second-order valence-electron chi connectivity index (χ2n) is 6.49. The van der Waals surface area contributed by atoms with E-state index in [9.17, 15) is 9.18 Å². The quantitative estimate of drug-likeness (QED) is 0.726. The average molecular weight is 350 g/mol. The van der Waals surface area contributed by atoms with E-state index in [0.717, 1.165) is 16.5 Å². The van der Waals surface area contributed by atoms with Crippen molar-refractivity contribution in [1.29, 1.82) is 0 Å². The molecule has 0 saturated carbocycles. The van der Waals surface area contributed by atoms with Crippen LogP contribution in [-0.4, -0.2) is 41.6 Å². The summed E-state index contributed by atoms with van der Waals surface area (Å²) in [5.41, 5.74) is 2.40. The summed E-state index contributed by atoms with van der Waals surface area (Å²) in [4.78, 5) is 19.0. The highest BCUT2D eigenvalue weighted by atomic mass is 19.1. The highest BCUT2D eigenvalue weighted by Gasteiger charge is 2.25. The molecule has 5 heteroatoms. The van der Waals surface area contributed by atoms with Gasteiger partial charge in [-0.05, 0) is 42.0 Å². The molecule has 1 fully saturated rings. The van der Waals surface area contributed by atoms with Crippen molar-refractivity contribution in [2.24, 2.45) is 0 Å². The number of benzene rings is 2. The number of amides is 1. The van der Waals surface area contributed by atoms with E-state index in [1.54, 1.807) is 12.3 Å². The minimum atomic E-state index is -0.254. The highest BCUT2D eigenvalue weighted by Crippen LogP contribution is 2.18. The second kappa shape index (κ2) is 7.22. The number of nitrogens with zero attached hydrogens (tertiary/aromatic N) is 2. The number of hydrogen-bond acceptors (Lipinski definition) is 3. The van der Waals surface area contributed by atoms with Crippen molar-refractivity contribution >= 4 is 16.8 Å². The molecular weight excluding hydrogens is 331 g/mol. The average Bonchev–Trinajstić information content (AvgIpc) is 2.67. The Hall–Kier alpha value is -2.79. The Kier molecular flexibility index (Phi) is 4.63. The Morgan fingerprint density at radius 2 is 2.12 bits per heavy atom. The third kappa shape index (κ3) is 3.58. The summed E-state index contributed by atoms with van der Waals surface area (Å²) in [7, 11) is 0. The van der Waals surface area contributed by atoms with Crippen LogP contribution in [0.5, 0.6) is 0 Å². The molecule has 4 rings (SSSR count). The molecule has 0 N–H and O–H groups in total. The van der Waals surface area contributed by atoms with Crippen LogP contribution in [0.2, 0.25) is 0 Å². The van der Waals surface area contributed by atoms with Gasteiger partial charge in [-0.25, -0.2) is 4.39 Å². The van der Waals surface area contributed by atoms with Crippen LogP contribution in [0.25, 0.3) is 10.9 Å². The molecule has 2 aromatic carbocycles. The molecule has 1 aliphatic heterocycles. The number of ether oxygens (including phenoxy) is 1. The largest absolute Gasteiger partial charge is 0.374 e. The van der Waals surface area contributed by atoms with Crippen LogP contribution in [0, 0.1) is 5.82 Å². The fourth-order valence-corrected chi connectivity index (χ4v) is 3.35. The van der Waals surface area contributed by atoms with Crippen LogP contribution >= 0.6 is 0 Å². The molecule has 0 unspecified atom stereocenters. The minimum absolute atomic E-state index is 0.0108. The number of carbonyl (C=O) groups is 1. The maximum absolute atomic E-state index is 13.4. The van der Waals surface area contributed by atoms with Crippen molar-refractivity contribution in [3.63, 3.8) is 0 Å². The zero-order valence-electron chi connectivity index (χ0n) is 14.3. The second-order valence-corrected chi connectivity index (χ2v) is 6.49. The normalized spacial score (nSPS) is 17.4. The molecule has 1 aliphatic rings. The van der Waals surface area contributed by atoms with E-state index in [0.29, 0.717) is 31.7 Å². The van der Waals surface area contributed by atoms with Crippen molar-refractivity contribution in [1.82, 2.24) is 9.88 Å². The molecule has 132 valence electrons. The van der Waals surface area contributed by atoms with Gasteiger partial charge in [-0.1, -0.05) is 18.2 Å². The number of hydrogen-bond donors (Lipinski definition) is 0. The lowest BCUT2D eigenvalue weighted by molar-refractivity contribution is -0.0208. The van der Waals surface area contributed by atoms with Gasteiger partial charge in [0.25, 0.3) is 5.91 Å². The lowest BCUT2D eigenvalue weighted by Gasteiger charge is -2.33. The molecule has 1 saturated heterocycles.